The van der Waals surface area contributed by atoms with Crippen LogP contribution >= 0.6 is 0 Å². The predicted molar refractivity (Wildman–Crippen MR) is 109 cm³/mol. The van der Waals surface area contributed by atoms with Crippen LogP contribution in [0.1, 0.15) is 15.9 Å². The van der Waals surface area contributed by atoms with Crippen LogP contribution in [0.2, 0.25) is 0 Å². The lowest BCUT2D eigenvalue weighted by atomic mass is 10.1. The summed E-state index contributed by atoms with van der Waals surface area (Å²) in [6.07, 6.45) is -5.19. The maximum absolute atomic E-state index is 14.5. The van der Waals surface area contributed by atoms with Crippen LogP contribution in [-0.2, 0) is 20.4 Å². The molecule has 1 fully saturated rings. The fourth-order valence-corrected chi connectivity index (χ4v) is 4.54. The summed E-state index contributed by atoms with van der Waals surface area (Å²) in [5.74, 6) is -5.40. The molecule has 0 saturated carbocycles. The minimum Gasteiger partial charge on any atom is -0.542 e. The number of nitro benzene ring substituents is 1. The molecule has 1 amide bonds. The average Bonchev–Trinajstić information content (AvgIpc) is 2.79. The lowest BCUT2D eigenvalue weighted by molar-refractivity contribution is -0.661. The number of quaternary nitrogens is 1. The van der Waals surface area contributed by atoms with Gasteiger partial charge in [0.05, 0.1) is 42.9 Å². The van der Waals surface area contributed by atoms with Gasteiger partial charge in [0.25, 0.3) is 11.6 Å². The highest BCUT2D eigenvalue weighted by Gasteiger charge is 2.32. The third-order valence-corrected chi connectivity index (χ3v) is 6.43. The van der Waals surface area contributed by atoms with E-state index in [0.717, 1.165) is 6.07 Å². The van der Waals surface area contributed by atoms with Crippen molar-refractivity contribution in [2.45, 2.75) is 16.8 Å². The van der Waals surface area contributed by atoms with E-state index in [4.69, 9.17) is 9.90 Å². The zero-order valence-corrected chi connectivity index (χ0v) is 18.6. The van der Waals surface area contributed by atoms with Gasteiger partial charge in [0.2, 0.25) is 0 Å². The Morgan fingerprint density at radius 2 is 1.63 bits per heavy atom. The molecule has 0 radical (unpaired) electrons. The standard InChI is InChI=1S/C18H18FN3O5S.C2HF3O2/c19-15-11-16(22(24)25)14(18(23)21-8-6-20-7-9-21)10-17(15)28(26,27)12-13-4-2-1-3-5-13;3-2(4,5)1(6)7/h1-5,10-11,20H,6-9,12H2;(H,6,7). The van der Waals surface area contributed by atoms with Crippen molar-refractivity contribution in [3.63, 3.8) is 0 Å². The maximum atomic E-state index is 14.5. The van der Waals surface area contributed by atoms with Crippen molar-refractivity contribution >= 4 is 27.4 Å². The van der Waals surface area contributed by atoms with Gasteiger partial charge in [0, 0.05) is 0 Å². The number of halogens is 4. The van der Waals surface area contributed by atoms with Crippen LogP contribution in [0.4, 0.5) is 23.2 Å². The molecule has 0 aliphatic carbocycles. The molecule has 190 valence electrons. The molecule has 1 saturated heterocycles. The fraction of sp³-hybridized carbons (Fsp3) is 0.300. The first kappa shape index (κ1) is 27.7. The fourth-order valence-electron chi connectivity index (χ4n) is 3.10. The zero-order chi connectivity index (χ0) is 26.4. The Labute approximate surface area is 196 Å². The van der Waals surface area contributed by atoms with Crippen LogP contribution < -0.4 is 10.4 Å². The number of sulfone groups is 1. The number of rotatable bonds is 5. The predicted octanol–water partition coefficient (Wildman–Crippen LogP) is 0.0256. The van der Waals surface area contributed by atoms with Crippen LogP contribution in [0.15, 0.2) is 47.4 Å². The highest BCUT2D eigenvalue weighted by atomic mass is 32.2. The lowest BCUT2D eigenvalue weighted by Crippen LogP contribution is -2.89. The highest BCUT2D eigenvalue weighted by Crippen LogP contribution is 2.29. The van der Waals surface area contributed by atoms with Gasteiger partial charge in [0.15, 0.2) is 9.84 Å². The Bertz CT molecular complexity index is 1200. The maximum Gasteiger partial charge on any atom is 0.430 e. The van der Waals surface area contributed by atoms with Crippen molar-refractivity contribution in [3.05, 3.63) is 69.5 Å². The molecule has 0 aromatic heterocycles. The van der Waals surface area contributed by atoms with E-state index in [1.54, 1.807) is 30.3 Å². The second-order valence-corrected chi connectivity index (χ2v) is 9.20. The van der Waals surface area contributed by atoms with Crippen LogP contribution in [0.25, 0.3) is 0 Å². The molecule has 10 nitrogen and oxygen atoms in total. The quantitative estimate of drug-likeness (QED) is 0.331. The molecular formula is C20H19F4N3O7S. The summed E-state index contributed by atoms with van der Waals surface area (Å²) < 4.78 is 71.5. The van der Waals surface area contributed by atoms with Gasteiger partial charge in [-0.25, -0.2) is 12.8 Å². The normalized spacial score (nSPS) is 14.0. The van der Waals surface area contributed by atoms with Gasteiger partial charge in [-0.05, 0) is 11.6 Å². The molecule has 0 unspecified atom stereocenters. The number of nitrogens with two attached hydrogens (primary N) is 1. The van der Waals surface area contributed by atoms with Gasteiger partial charge in [-0.15, -0.1) is 0 Å². The molecule has 2 N–H and O–H groups in total. The number of nitrogens with zero attached hydrogens (tertiary/aromatic N) is 2. The molecule has 1 aliphatic rings. The number of aliphatic carboxylic acids is 1. The minimum atomic E-state index is -5.19. The number of benzene rings is 2. The first-order chi connectivity index (χ1) is 16.2. The Hall–Kier alpha value is -3.59. The van der Waals surface area contributed by atoms with Crippen molar-refractivity contribution in [3.8, 4) is 0 Å². The van der Waals surface area contributed by atoms with Gasteiger partial charge in [-0.2, -0.15) is 13.2 Å². The molecule has 0 bridgehead atoms. The summed E-state index contributed by atoms with van der Waals surface area (Å²) >= 11 is 0. The molecule has 2 aromatic rings. The number of carboxylic acids is 1. The van der Waals surface area contributed by atoms with Gasteiger partial charge < -0.3 is 20.1 Å². The largest absolute Gasteiger partial charge is 0.542 e. The van der Waals surface area contributed by atoms with E-state index in [-0.39, 0.29) is 0 Å². The number of hydrogen-bond acceptors (Lipinski definition) is 7. The molecule has 15 heteroatoms. The topological polar surface area (TPSA) is 154 Å². The van der Waals surface area contributed by atoms with Crippen LogP contribution in [0, 0.1) is 15.9 Å². The van der Waals surface area contributed by atoms with E-state index in [0.29, 0.717) is 37.8 Å². The molecule has 2 aromatic carbocycles. The molecule has 3 rings (SSSR count). The summed E-state index contributed by atoms with van der Waals surface area (Å²) in [6.45, 7) is 2.03. The van der Waals surface area contributed by atoms with Gasteiger partial charge >= 0.3 is 6.18 Å². The number of hydrogen-bond donors (Lipinski definition) is 1. The second-order valence-electron chi connectivity index (χ2n) is 7.25. The Balaban J connectivity index is 0.000000540. The molecule has 1 heterocycles. The van der Waals surface area contributed by atoms with E-state index >= 15 is 0 Å². The third-order valence-electron chi connectivity index (χ3n) is 4.74. The Morgan fingerprint density at radius 1 is 1.09 bits per heavy atom. The summed E-state index contributed by atoms with van der Waals surface area (Å²) in [5, 5.41) is 22.1. The molecule has 35 heavy (non-hydrogen) atoms. The highest BCUT2D eigenvalue weighted by molar-refractivity contribution is 7.90. The van der Waals surface area contributed by atoms with E-state index < -0.39 is 60.5 Å². The summed E-state index contributed by atoms with van der Waals surface area (Å²) in [7, 11) is -4.15. The number of carbonyl (C=O) groups excluding carboxylic acids is 2. The summed E-state index contributed by atoms with van der Waals surface area (Å²) in [4.78, 5) is 32.7. The van der Waals surface area contributed by atoms with Crippen LogP contribution in [0.5, 0.6) is 0 Å². The molecule has 1 aliphatic heterocycles. The molecular weight excluding hydrogens is 502 g/mol. The average molecular weight is 521 g/mol. The number of carbonyl (C=O) groups is 2. The van der Waals surface area contributed by atoms with Crippen molar-refractivity contribution in [2.75, 3.05) is 26.2 Å². The number of carboxylic acid groups (broad SMARTS) is 1. The monoisotopic (exact) mass is 521 g/mol. The molecule has 0 spiro atoms. The lowest BCUT2D eigenvalue weighted by Gasteiger charge is -2.25. The van der Waals surface area contributed by atoms with Crippen LogP contribution in [-0.4, -0.2) is 62.5 Å². The van der Waals surface area contributed by atoms with Gasteiger partial charge in [0.1, 0.15) is 22.2 Å². The zero-order valence-electron chi connectivity index (χ0n) is 17.8. The van der Waals surface area contributed by atoms with E-state index in [9.17, 15) is 40.9 Å². The number of amides is 1. The van der Waals surface area contributed by atoms with Crippen molar-refractivity contribution < 1.29 is 50.9 Å². The smallest absolute Gasteiger partial charge is 0.430 e. The van der Waals surface area contributed by atoms with Gasteiger partial charge in [-0.3, -0.25) is 14.9 Å². The Kier molecular flexibility index (Phi) is 8.87. The SMILES string of the molecule is O=C([O-])C(F)(F)F.O=C(c1cc(S(=O)(=O)Cc2ccccc2)c(F)cc1[N+](=O)[O-])N1CC[NH2+]CC1. The second kappa shape index (κ2) is 11.2. The third kappa shape index (κ3) is 7.45. The van der Waals surface area contributed by atoms with Gasteiger partial charge in [-0.1, -0.05) is 30.3 Å². The van der Waals surface area contributed by atoms with Crippen molar-refractivity contribution in [1.29, 1.82) is 0 Å². The first-order valence-electron chi connectivity index (χ1n) is 9.87. The van der Waals surface area contributed by atoms with Crippen LogP contribution in [0.3, 0.4) is 0 Å². The van der Waals surface area contributed by atoms with Crippen molar-refractivity contribution in [2.24, 2.45) is 0 Å². The Morgan fingerprint density at radius 3 is 2.11 bits per heavy atom. The number of nitro groups is 1. The summed E-state index contributed by atoms with van der Waals surface area (Å²) in [5.41, 5.74) is -0.713. The van der Waals surface area contributed by atoms with E-state index in [2.05, 4.69) is 0 Å². The van der Waals surface area contributed by atoms with E-state index in [1.165, 1.54) is 4.90 Å². The summed E-state index contributed by atoms with van der Waals surface area (Å²) in [6, 6.07) is 9.50. The first-order valence-corrected chi connectivity index (χ1v) is 11.5. The molecule has 0 atom stereocenters. The van der Waals surface area contributed by atoms with E-state index in [1.807, 2.05) is 5.32 Å². The number of piperazine rings is 1. The minimum absolute atomic E-state index is 0.374. The van der Waals surface area contributed by atoms with Crippen molar-refractivity contribution in [1.82, 2.24) is 4.90 Å². The number of alkyl halides is 3.